The molecule has 5 aromatic carbocycles. The summed E-state index contributed by atoms with van der Waals surface area (Å²) in [6, 6.07) is 36.4. The Bertz CT molecular complexity index is 2270. The molecule has 7 aromatic rings. The van der Waals surface area contributed by atoms with Crippen molar-refractivity contribution in [2.45, 2.75) is 39.5 Å². The van der Waals surface area contributed by atoms with Crippen LogP contribution in [-0.2, 0) is 21.1 Å². The topological polar surface area (TPSA) is 57.7 Å². The van der Waals surface area contributed by atoms with E-state index < -0.39 is 0 Å². The van der Waals surface area contributed by atoms with Gasteiger partial charge in [-0.15, -0.1) is 36.5 Å². The molecule has 0 fully saturated rings. The van der Waals surface area contributed by atoms with E-state index in [1.807, 2.05) is 77.4 Å². The summed E-state index contributed by atoms with van der Waals surface area (Å²) in [6.45, 7) is 10.9. The van der Waals surface area contributed by atoms with Gasteiger partial charge in [0.05, 0.1) is 22.5 Å². The van der Waals surface area contributed by atoms with E-state index in [0.717, 1.165) is 44.5 Å². The third-order valence-electron chi connectivity index (χ3n) is 8.82. The molecule has 47 heavy (non-hydrogen) atoms. The monoisotopic (exact) mass is 797 g/mol. The summed E-state index contributed by atoms with van der Waals surface area (Å²) in [5.41, 5.74) is 9.55. The smallest absolute Gasteiger partial charge is 0.506 e. The Kier molecular flexibility index (Phi) is 7.93. The third-order valence-corrected chi connectivity index (χ3v) is 8.82. The van der Waals surface area contributed by atoms with Gasteiger partial charge in [0, 0.05) is 16.5 Å². The van der Waals surface area contributed by atoms with Crippen LogP contribution < -0.4 is 9.80 Å². The maximum absolute atomic E-state index is 11.0. The third kappa shape index (κ3) is 5.12. The van der Waals surface area contributed by atoms with Gasteiger partial charge >= 0.3 is 21.1 Å². The van der Waals surface area contributed by atoms with Crippen molar-refractivity contribution in [3.05, 3.63) is 133 Å². The molecule has 0 bridgehead atoms. The zero-order valence-electron chi connectivity index (χ0n) is 26.6. The number of hydrogen-bond acceptors (Lipinski definition) is 5. The minimum Gasteiger partial charge on any atom is -0.506 e. The number of para-hydroxylation sites is 4. The number of benzene rings is 5. The predicted octanol–water partition coefficient (Wildman–Crippen LogP) is 10.3. The van der Waals surface area contributed by atoms with Gasteiger partial charge in [-0.1, -0.05) is 81.9 Å². The minimum absolute atomic E-state index is 0. The number of aromatic hydroxyl groups is 1. The van der Waals surface area contributed by atoms with E-state index in [9.17, 15) is 5.11 Å². The maximum Gasteiger partial charge on any atom is 2.00 e. The summed E-state index contributed by atoms with van der Waals surface area (Å²) in [6.07, 6.45) is 3.88. The molecule has 0 amide bonds. The molecule has 0 saturated heterocycles. The van der Waals surface area contributed by atoms with Crippen LogP contribution in [0, 0.1) is 12.7 Å². The molecule has 0 atom stereocenters. The van der Waals surface area contributed by atoms with Crippen molar-refractivity contribution < 1.29 is 30.6 Å². The second kappa shape index (κ2) is 12.1. The Morgan fingerprint density at radius 1 is 0.723 bits per heavy atom. The van der Waals surface area contributed by atoms with E-state index in [2.05, 4.69) is 80.8 Å². The standard InChI is InChI=1S/C40H34N4O2.Pt/c1-25(2)29-14-10-15-30(26(3)4)37(29)44-34-17-7-6-16-33(34)41-40(44)27-11-9-12-28(23-27)42-21-22-43(24-42)38-35(45)20-19-32-31-13-5-8-18-36(31)46-39(32)38;/h5-22,24-26,45H,1-4H3;/q-2;+2. The minimum atomic E-state index is 0. The molecule has 0 radical (unpaired) electrons. The van der Waals surface area contributed by atoms with E-state index in [-0.39, 0.29) is 26.8 Å². The molecule has 7 heteroatoms. The maximum atomic E-state index is 11.0. The molecule has 3 heterocycles. The van der Waals surface area contributed by atoms with Crippen molar-refractivity contribution in [1.29, 1.82) is 0 Å². The molecular weight excluding hydrogens is 764 g/mol. The van der Waals surface area contributed by atoms with Crippen LogP contribution in [0.1, 0.15) is 50.7 Å². The van der Waals surface area contributed by atoms with E-state index in [0.29, 0.717) is 23.1 Å². The van der Waals surface area contributed by atoms with Crippen LogP contribution >= 0.6 is 0 Å². The molecule has 1 aliphatic heterocycles. The van der Waals surface area contributed by atoms with Crippen LogP contribution in [0.4, 0.5) is 11.4 Å². The second-order valence-electron chi connectivity index (χ2n) is 12.4. The van der Waals surface area contributed by atoms with Gasteiger partial charge < -0.3 is 23.9 Å². The van der Waals surface area contributed by atoms with Crippen molar-refractivity contribution in [1.82, 2.24) is 9.55 Å². The fourth-order valence-corrected chi connectivity index (χ4v) is 6.58. The summed E-state index contributed by atoms with van der Waals surface area (Å²) in [4.78, 5) is 9.08. The van der Waals surface area contributed by atoms with Crippen LogP contribution in [0.25, 0.3) is 50.0 Å². The molecule has 236 valence electrons. The number of hydrogen-bond donors (Lipinski definition) is 1. The van der Waals surface area contributed by atoms with Crippen LogP contribution in [0.3, 0.4) is 0 Å². The van der Waals surface area contributed by atoms with Crippen LogP contribution in [0.2, 0.25) is 0 Å². The SMILES string of the molecule is CC(C)c1cccc(C(C)C)c1-n1c(-c2[c-]c(N3C=CN(c4c(O)ccc5c4oc4ccccc45)[CH-]3)ccc2)nc2ccccc21.[Pt+2]. The molecule has 8 rings (SSSR count). The molecule has 0 spiro atoms. The summed E-state index contributed by atoms with van der Waals surface area (Å²) in [5, 5.41) is 13.0. The van der Waals surface area contributed by atoms with Crippen LogP contribution in [0.15, 0.2) is 114 Å². The van der Waals surface area contributed by atoms with Crippen molar-refractivity contribution in [3.63, 3.8) is 0 Å². The quantitative estimate of drug-likeness (QED) is 0.170. The summed E-state index contributed by atoms with van der Waals surface area (Å²) >= 11 is 0. The average molecular weight is 798 g/mol. The number of phenols is 1. The van der Waals surface area contributed by atoms with Gasteiger partial charge in [-0.25, -0.2) is 0 Å². The molecule has 2 aromatic heterocycles. The molecule has 1 N–H and O–H groups in total. The van der Waals surface area contributed by atoms with Gasteiger partial charge in [-0.3, -0.25) is 4.98 Å². The van der Waals surface area contributed by atoms with Gasteiger partial charge in [0.2, 0.25) is 0 Å². The average Bonchev–Trinajstić information content (AvgIpc) is 3.80. The van der Waals surface area contributed by atoms with Crippen LogP contribution in [-0.4, -0.2) is 14.7 Å². The zero-order valence-corrected chi connectivity index (χ0v) is 28.9. The first-order valence-electron chi connectivity index (χ1n) is 15.8. The fourth-order valence-electron chi connectivity index (χ4n) is 6.58. The normalized spacial score (nSPS) is 13.1. The first-order chi connectivity index (χ1) is 22.4. The number of phenolic OH excluding ortho intramolecular Hbond substituents is 1. The van der Waals surface area contributed by atoms with Gasteiger partial charge in [0.25, 0.3) is 0 Å². The number of aromatic nitrogens is 2. The Hall–Kier alpha value is -4.80. The second-order valence-corrected chi connectivity index (χ2v) is 12.4. The van der Waals surface area contributed by atoms with E-state index >= 15 is 0 Å². The predicted molar refractivity (Wildman–Crippen MR) is 187 cm³/mol. The summed E-state index contributed by atoms with van der Waals surface area (Å²) in [7, 11) is 0. The number of furan rings is 1. The first-order valence-corrected chi connectivity index (χ1v) is 15.8. The number of rotatable bonds is 6. The molecule has 0 aliphatic carbocycles. The Morgan fingerprint density at radius 3 is 2.21 bits per heavy atom. The van der Waals surface area contributed by atoms with Gasteiger partial charge in [-0.05, 0) is 65.7 Å². The number of fused-ring (bicyclic) bond motifs is 4. The van der Waals surface area contributed by atoms with Crippen molar-refractivity contribution in [2.75, 3.05) is 9.80 Å². The number of anilines is 2. The van der Waals surface area contributed by atoms with Gasteiger partial charge in [-0.2, -0.15) is 0 Å². The molecular formula is C40H34N4O2Pt. The largest absolute Gasteiger partial charge is 2.00 e. The Morgan fingerprint density at radius 2 is 1.43 bits per heavy atom. The van der Waals surface area contributed by atoms with E-state index in [1.165, 1.54) is 16.8 Å². The van der Waals surface area contributed by atoms with Gasteiger partial charge in [0.15, 0.2) is 5.58 Å². The van der Waals surface area contributed by atoms with E-state index in [4.69, 9.17) is 9.40 Å². The zero-order chi connectivity index (χ0) is 31.5. The summed E-state index contributed by atoms with van der Waals surface area (Å²) < 4.78 is 8.56. The first kappa shape index (κ1) is 30.8. The Balaban J connectivity index is 0.00000351. The molecule has 6 nitrogen and oxygen atoms in total. The van der Waals surface area contributed by atoms with Crippen molar-refractivity contribution >= 4 is 44.3 Å². The molecule has 0 unspecified atom stereocenters. The molecule has 0 saturated carbocycles. The number of nitrogens with zero attached hydrogens (tertiary/aromatic N) is 4. The fraction of sp³-hybridized carbons (Fsp3) is 0.150. The van der Waals surface area contributed by atoms with Crippen molar-refractivity contribution in [3.8, 4) is 22.8 Å². The van der Waals surface area contributed by atoms with Crippen molar-refractivity contribution in [2.24, 2.45) is 0 Å². The molecule has 1 aliphatic rings. The Labute approximate surface area is 288 Å². The number of imidazole rings is 1. The van der Waals surface area contributed by atoms with Crippen LogP contribution in [0.5, 0.6) is 5.75 Å². The van der Waals surface area contributed by atoms with Gasteiger partial charge in [0.1, 0.15) is 11.3 Å². The van der Waals surface area contributed by atoms with E-state index in [1.54, 1.807) is 6.07 Å². The summed E-state index contributed by atoms with van der Waals surface area (Å²) in [5.74, 6) is 1.66.